The second kappa shape index (κ2) is 8.97. The lowest BCUT2D eigenvalue weighted by Crippen LogP contribution is -2.42. The molecule has 1 aliphatic heterocycles. The predicted octanol–water partition coefficient (Wildman–Crippen LogP) is 3.68. The summed E-state index contributed by atoms with van der Waals surface area (Å²) in [7, 11) is 3.13. The van der Waals surface area contributed by atoms with Crippen LogP contribution in [0.5, 0.6) is 11.5 Å². The third-order valence-electron chi connectivity index (χ3n) is 4.42. The van der Waals surface area contributed by atoms with Crippen molar-refractivity contribution in [2.45, 2.75) is 45.6 Å². The van der Waals surface area contributed by atoms with Crippen molar-refractivity contribution < 1.29 is 23.8 Å². The van der Waals surface area contributed by atoms with Gasteiger partial charge in [-0.1, -0.05) is 0 Å². The van der Waals surface area contributed by atoms with Gasteiger partial charge in [0.25, 0.3) is 0 Å². The molecule has 1 aromatic rings. The van der Waals surface area contributed by atoms with Crippen LogP contribution in [-0.2, 0) is 9.53 Å². The number of hydrogen-bond donors (Lipinski definition) is 1. The molecule has 2 amide bonds. The molecule has 0 saturated carbocycles. The van der Waals surface area contributed by atoms with E-state index in [2.05, 4.69) is 5.32 Å². The number of nitrogens with zero attached hydrogens (tertiary/aromatic N) is 1. The standard InChI is InChI=1S/C20H30N2O5/c1-20(2,3)27-19(24)22-10-8-14(9-11-22)12-18(23)21-16-7-6-15(25-4)13-17(16)26-5/h6-7,13-14H,8-12H2,1-5H3,(H,21,23). The van der Waals surface area contributed by atoms with Crippen LogP contribution in [0.1, 0.15) is 40.0 Å². The SMILES string of the molecule is COc1ccc(NC(=O)CC2CCN(C(=O)OC(C)(C)C)CC2)c(OC)c1. The lowest BCUT2D eigenvalue weighted by Gasteiger charge is -2.33. The molecule has 150 valence electrons. The van der Waals surface area contributed by atoms with Crippen molar-refractivity contribution in [1.29, 1.82) is 0 Å². The average molecular weight is 378 g/mol. The minimum Gasteiger partial charge on any atom is -0.497 e. The van der Waals surface area contributed by atoms with Crippen molar-refractivity contribution in [3.63, 3.8) is 0 Å². The number of hydrogen-bond acceptors (Lipinski definition) is 5. The number of methoxy groups -OCH3 is 2. The van der Waals surface area contributed by atoms with Crippen LogP contribution in [0, 0.1) is 5.92 Å². The Morgan fingerprint density at radius 3 is 2.37 bits per heavy atom. The summed E-state index contributed by atoms with van der Waals surface area (Å²) in [6.07, 6.45) is 1.70. The molecule has 1 N–H and O–H groups in total. The highest BCUT2D eigenvalue weighted by molar-refractivity contribution is 5.92. The maximum absolute atomic E-state index is 12.4. The first kappa shape index (κ1) is 20.9. The van der Waals surface area contributed by atoms with Gasteiger partial charge in [-0.3, -0.25) is 4.79 Å². The van der Waals surface area contributed by atoms with Crippen LogP contribution in [-0.4, -0.2) is 49.8 Å². The van der Waals surface area contributed by atoms with Crippen molar-refractivity contribution in [3.05, 3.63) is 18.2 Å². The van der Waals surface area contributed by atoms with Crippen LogP contribution in [0.25, 0.3) is 0 Å². The van der Waals surface area contributed by atoms with Gasteiger partial charge in [-0.2, -0.15) is 0 Å². The first-order valence-electron chi connectivity index (χ1n) is 9.21. The Kier molecular flexibility index (Phi) is 6.93. The van der Waals surface area contributed by atoms with Gasteiger partial charge in [0.05, 0.1) is 19.9 Å². The molecule has 2 rings (SSSR count). The Labute approximate surface area is 161 Å². The molecule has 0 aliphatic carbocycles. The van der Waals surface area contributed by atoms with Crippen molar-refractivity contribution in [2.24, 2.45) is 5.92 Å². The molecule has 7 heteroatoms. The van der Waals surface area contributed by atoms with Crippen molar-refractivity contribution >= 4 is 17.7 Å². The van der Waals surface area contributed by atoms with Crippen molar-refractivity contribution in [1.82, 2.24) is 4.90 Å². The Balaban J connectivity index is 1.83. The van der Waals surface area contributed by atoms with Crippen LogP contribution in [0.2, 0.25) is 0 Å². The molecular formula is C20H30N2O5. The van der Waals surface area contributed by atoms with Crippen LogP contribution < -0.4 is 14.8 Å². The minimum atomic E-state index is -0.495. The average Bonchev–Trinajstić information content (AvgIpc) is 2.61. The van der Waals surface area contributed by atoms with Gasteiger partial charge in [0.2, 0.25) is 5.91 Å². The zero-order valence-electron chi connectivity index (χ0n) is 16.8. The molecule has 1 saturated heterocycles. The van der Waals surface area contributed by atoms with Gasteiger partial charge in [-0.25, -0.2) is 4.79 Å². The highest BCUT2D eigenvalue weighted by Gasteiger charge is 2.27. The Morgan fingerprint density at radius 1 is 1.15 bits per heavy atom. The maximum Gasteiger partial charge on any atom is 0.410 e. The van der Waals surface area contributed by atoms with E-state index in [4.69, 9.17) is 14.2 Å². The topological polar surface area (TPSA) is 77.1 Å². The third kappa shape index (κ3) is 6.34. The molecular weight excluding hydrogens is 348 g/mol. The van der Waals surface area contributed by atoms with Crippen LogP contribution >= 0.6 is 0 Å². The van der Waals surface area contributed by atoms with Gasteiger partial charge in [0, 0.05) is 25.6 Å². The summed E-state index contributed by atoms with van der Waals surface area (Å²) in [5, 5.41) is 2.90. The van der Waals surface area contributed by atoms with Crippen LogP contribution in [0.4, 0.5) is 10.5 Å². The zero-order valence-corrected chi connectivity index (χ0v) is 16.8. The van der Waals surface area contributed by atoms with E-state index in [0.717, 1.165) is 12.8 Å². The van der Waals surface area contributed by atoms with Crippen LogP contribution in [0.3, 0.4) is 0 Å². The summed E-state index contributed by atoms with van der Waals surface area (Å²) in [4.78, 5) is 26.2. The third-order valence-corrected chi connectivity index (χ3v) is 4.42. The number of benzene rings is 1. The highest BCUT2D eigenvalue weighted by atomic mass is 16.6. The number of carbonyl (C=O) groups excluding carboxylic acids is 2. The van der Waals surface area contributed by atoms with Crippen LogP contribution in [0.15, 0.2) is 18.2 Å². The highest BCUT2D eigenvalue weighted by Crippen LogP contribution is 2.30. The van der Waals surface area contributed by atoms with E-state index in [1.165, 1.54) is 0 Å². The Bertz CT molecular complexity index is 661. The molecule has 1 aliphatic rings. The van der Waals surface area contributed by atoms with Crippen molar-refractivity contribution in [3.8, 4) is 11.5 Å². The predicted molar refractivity (Wildman–Crippen MR) is 103 cm³/mol. The second-order valence-corrected chi connectivity index (χ2v) is 7.73. The Hall–Kier alpha value is -2.44. The number of ether oxygens (including phenoxy) is 3. The number of amides is 2. The van der Waals surface area contributed by atoms with E-state index < -0.39 is 5.60 Å². The number of rotatable bonds is 5. The molecule has 0 spiro atoms. The molecule has 27 heavy (non-hydrogen) atoms. The fraction of sp³-hybridized carbons (Fsp3) is 0.600. The lowest BCUT2D eigenvalue weighted by molar-refractivity contribution is -0.117. The maximum atomic E-state index is 12.4. The number of likely N-dealkylation sites (tertiary alicyclic amines) is 1. The minimum absolute atomic E-state index is 0.0609. The number of nitrogens with one attached hydrogen (secondary N) is 1. The molecule has 0 unspecified atom stereocenters. The van der Waals surface area contributed by atoms with Gasteiger partial charge < -0.3 is 24.4 Å². The quantitative estimate of drug-likeness (QED) is 0.846. The number of piperidine rings is 1. The van der Waals surface area contributed by atoms with Gasteiger partial charge >= 0.3 is 6.09 Å². The molecule has 1 heterocycles. The smallest absolute Gasteiger partial charge is 0.410 e. The summed E-state index contributed by atoms with van der Waals surface area (Å²) in [5.74, 6) is 1.41. The van der Waals surface area contributed by atoms with E-state index in [0.29, 0.717) is 36.7 Å². The second-order valence-electron chi connectivity index (χ2n) is 7.73. The summed E-state index contributed by atoms with van der Waals surface area (Å²) in [5.41, 5.74) is 0.125. The lowest BCUT2D eigenvalue weighted by atomic mass is 9.93. The van der Waals surface area contributed by atoms with E-state index in [9.17, 15) is 9.59 Å². The zero-order chi connectivity index (χ0) is 20.0. The number of anilines is 1. The largest absolute Gasteiger partial charge is 0.497 e. The molecule has 7 nitrogen and oxygen atoms in total. The molecule has 1 aromatic carbocycles. The molecule has 1 fully saturated rings. The molecule has 0 atom stereocenters. The first-order chi connectivity index (χ1) is 12.7. The van der Waals surface area contributed by atoms with E-state index in [1.807, 2.05) is 20.8 Å². The summed E-state index contributed by atoms with van der Waals surface area (Å²) >= 11 is 0. The van der Waals surface area contributed by atoms with Gasteiger partial charge in [0.1, 0.15) is 17.1 Å². The molecule has 0 aromatic heterocycles. The monoisotopic (exact) mass is 378 g/mol. The molecule has 0 bridgehead atoms. The van der Waals surface area contributed by atoms with E-state index in [1.54, 1.807) is 37.3 Å². The molecule has 0 radical (unpaired) electrons. The summed E-state index contributed by atoms with van der Waals surface area (Å²) < 4.78 is 15.9. The van der Waals surface area contributed by atoms with E-state index >= 15 is 0 Å². The van der Waals surface area contributed by atoms with E-state index in [-0.39, 0.29) is 17.9 Å². The van der Waals surface area contributed by atoms with Gasteiger partial charge in [-0.15, -0.1) is 0 Å². The number of carbonyl (C=O) groups is 2. The Morgan fingerprint density at radius 2 is 1.81 bits per heavy atom. The fourth-order valence-electron chi connectivity index (χ4n) is 3.01. The normalized spacial score (nSPS) is 15.2. The van der Waals surface area contributed by atoms with Crippen molar-refractivity contribution in [2.75, 3.05) is 32.6 Å². The summed E-state index contributed by atoms with van der Waals surface area (Å²) in [6, 6.07) is 5.27. The van der Waals surface area contributed by atoms with Gasteiger partial charge in [0.15, 0.2) is 0 Å². The fourth-order valence-corrected chi connectivity index (χ4v) is 3.01. The first-order valence-corrected chi connectivity index (χ1v) is 9.21. The van der Waals surface area contributed by atoms with Gasteiger partial charge in [-0.05, 0) is 51.7 Å². The summed E-state index contributed by atoms with van der Waals surface area (Å²) in [6.45, 7) is 6.79.